The number of imidazole rings is 1. The highest BCUT2D eigenvalue weighted by atomic mass is 15.5. The van der Waals surface area contributed by atoms with Crippen LogP contribution in [0.3, 0.4) is 0 Å². The predicted molar refractivity (Wildman–Crippen MR) is 87.8 cm³/mol. The second-order valence-corrected chi connectivity index (χ2v) is 7.13. The number of hydrogen-bond acceptors (Lipinski definition) is 3. The molecule has 2 heterocycles. The molecule has 0 N–H and O–H groups in total. The van der Waals surface area contributed by atoms with Crippen molar-refractivity contribution in [1.82, 2.24) is 19.4 Å². The van der Waals surface area contributed by atoms with Gasteiger partial charge in [-0.05, 0) is 25.7 Å². The van der Waals surface area contributed by atoms with Crippen molar-refractivity contribution in [3.63, 3.8) is 0 Å². The van der Waals surface area contributed by atoms with Crippen molar-refractivity contribution in [2.24, 2.45) is 0 Å². The van der Waals surface area contributed by atoms with Crippen LogP contribution in [0.5, 0.6) is 0 Å². The molecule has 120 valence electrons. The van der Waals surface area contributed by atoms with Crippen LogP contribution in [0.4, 0.5) is 0 Å². The summed E-state index contributed by atoms with van der Waals surface area (Å²) in [6, 6.07) is 1.40. The van der Waals surface area contributed by atoms with E-state index < -0.39 is 0 Å². The molecule has 0 amide bonds. The summed E-state index contributed by atoms with van der Waals surface area (Å²) in [5.41, 5.74) is 0. The van der Waals surface area contributed by atoms with Crippen molar-refractivity contribution in [2.75, 3.05) is 0 Å². The number of nitrogens with zero attached hydrogens (tertiary/aromatic N) is 4. The zero-order valence-electron chi connectivity index (χ0n) is 13.5. The van der Waals surface area contributed by atoms with E-state index in [0.717, 1.165) is 0 Å². The average Bonchev–Trinajstić information content (AvgIpc) is 3.25. The molecule has 0 radical (unpaired) electrons. The zero-order valence-corrected chi connectivity index (χ0v) is 13.5. The van der Waals surface area contributed by atoms with Crippen molar-refractivity contribution in [2.45, 2.75) is 82.6 Å². The second-order valence-electron chi connectivity index (χ2n) is 7.13. The average molecular weight is 300 g/mol. The molecule has 0 spiro atoms. The molecule has 1 aliphatic heterocycles. The maximum Gasteiger partial charge on any atom is 0.185 e. The van der Waals surface area contributed by atoms with E-state index >= 15 is 0 Å². The smallest absolute Gasteiger partial charge is 0.185 e. The molecule has 2 fully saturated rings. The van der Waals surface area contributed by atoms with Crippen LogP contribution in [0.15, 0.2) is 31.1 Å². The summed E-state index contributed by atoms with van der Waals surface area (Å²) < 4.78 is 2.29. The Morgan fingerprint density at radius 2 is 1.27 bits per heavy atom. The van der Waals surface area contributed by atoms with Crippen molar-refractivity contribution in [3.05, 3.63) is 31.1 Å². The number of hydrogen-bond donors (Lipinski definition) is 0. The van der Waals surface area contributed by atoms with Gasteiger partial charge in [0.15, 0.2) is 6.29 Å². The van der Waals surface area contributed by atoms with Gasteiger partial charge in [-0.15, -0.1) is 0 Å². The van der Waals surface area contributed by atoms with E-state index in [2.05, 4.69) is 37.9 Å². The van der Waals surface area contributed by atoms with Crippen LogP contribution in [0.1, 0.15) is 70.5 Å². The third kappa shape index (κ3) is 2.64. The maximum absolute atomic E-state index is 4.31. The summed E-state index contributed by atoms with van der Waals surface area (Å²) >= 11 is 0. The van der Waals surface area contributed by atoms with Gasteiger partial charge in [-0.25, -0.2) is 4.98 Å². The molecule has 3 aliphatic rings. The molecule has 2 aliphatic carbocycles. The van der Waals surface area contributed by atoms with Crippen molar-refractivity contribution < 1.29 is 0 Å². The van der Waals surface area contributed by atoms with Crippen LogP contribution >= 0.6 is 0 Å². The van der Waals surface area contributed by atoms with Gasteiger partial charge in [0.05, 0.1) is 6.33 Å². The minimum absolute atomic E-state index is 0.314. The van der Waals surface area contributed by atoms with Gasteiger partial charge in [-0.2, -0.15) is 0 Å². The number of rotatable bonds is 3. The lowest BCUT2D eigenvalue weighted by molar-refractivity contribution is 0.00947. The summed E-state index contributed by atoms with van der Waals surface area (Å²) in [6.07, 6.45) is 24.8. The molecule has 4 rings (SSSR count). The molecule has 2 saturated carbocycles. The van der Waals surface area contributed by atoms with E-state index in [0.29, 0.717) is 18.4 Å². The predicted octanol–water partition coefficient (Wildman–Crippen LogP) is 4.09. The molecule has 22 heavy (non-hydrogen) atoms. The Labute approximate surface area is 133 Å². The summed E-state index contributed by atoms with van der Waals surface area (Å²) in [7, 11) is 0. The first-order valence-corrected chi connectivity index (χ1v) is 9.14. The summed E-state index contributed by atoms with van der Waals surface area (Å²) in [6.45, 7) is 0. The van der Waals surface area contributed by atoms with E-state index in [1.165, 1.54) is 64.2 Å². The highest BCUT2D eigenvalue weighted by Crippen LogP contribution is 2.37. The molecule has 0 atom stereocenters. The summed E-state index contributed by atoms with van der Waals surface area (Å²) in [5, 5.41) is 0. The van der Waals surface area contributed by atoms with E-state index in [-0.39, 0.29) is 0 Å². The molecule has 1 aromatic rings. The molecule has 0 bridgehead atoms. The number of aromatic nitrogens is 2. The van der Waals surface area contributed by atoms with Gasteiger partial charge in [0, 0.05) is 36.9 Å². The van der Waals surface area contributed by atoms with Crippen LogP contribution in [-0.4, -0.2) is 31.4 Å². The topological polar surface area (TPSA) is 24.3 Å². The molecule has 4 nitrogen and oxygen atoms in total. The lowest BCUT2D eigenvalue weighted by atomic mass is 9.93. The Bertz CT molecular complexity index is 455. The van der Waals surface area contributed by atoms with Gasteiger partial charge in [0.2, 0.25) is 0 Å². The van der Waals surface area contributed by atoms with Crippen LogP contribution in [0, 0.1) is 0 Å². The molecular formula is C18H28N4. The first kappa shape index (κ1) is 14.2. The fourth-order valence-electron chi connectivity index (χ4n) is 4.55. The van der Waals surface area contributed by atoms with Crippen molar-refractivity contribution in [1.29, 1.82) is 0 Å². The molecule has 0 unspecified atom stereocenters. The normalized spacial score (nSPS) is 25.3. The summed E-state index contributed by atoms with van der Waals surface area (Å²) in [4.78, 5) is 9.52. The lowest BCUT2D eigenvalue weighted by Crippen LogP contribution is -2.45. The van der Waals surface area contributed by atoms with Crippen LogP contribution in [-0.2, 0) is 0 Å². The second kappa shape index (κ2) is 6.35. The fourth-order valence-corrected chi connectivity index (χ4v) is 4.55. The Morgan fingerprint density at radius 3 is 1.73 bits per heavy atom. The van der Waals surface area contributed by atoms with E-state index in [4.69, 9.17) is 0 Å². The Balaban J connectivity index is 1.57. The van der Waals surface area contributed by atoms with E-state index in [1.54, 1.807) is 0 Å². The summed E-state index contributed by atoms with van der Waals surface area (Å²) in [5.74, 6) is 0. The fraction of sp³-hybridized carbons (Fsp3) is 0.722. The Kier molecular flexibility index (Phi) is 4.09. The standard InChI is InChI=1S/C18H28N4/c1-3-7-16(8-4-1)21-13-14-22(17-9-5-2-6-10-17)18(21)20-12-11-19-15-20/h11-18H,1-10H2. The molecule has 0 saturated heterocycles. The van der Waals surface area contributed by atoms with E-state index in [1.807, 2.05) is 12.5 Å². The Morgan fingerprint density at radius 1 is 0.727 bits per heavy atom. The largest absolute Gasteiger partial charge is 0.336 e. The minimum Gasteiger partial charge on any atom is -0.336 e. The van der Waals surface area contributed by atoms with Gasteiger partial charge >= 0.3 is 0 Å². The Hall–Kier alpha value is -1.45. The van der Waals surface area contributed by atoms with Crippen LogP contribution in [0.25, 0.3) is 0 Å². The first-order chi connectivity index (χ1) is 10.9. The highest BCUT2D eigenvalue weighted by molar-refractivity contribution is 5.02. The first-order valence-electron chi connectivity index (χ1n) is 9.14. The maximum atomic E-state index is 4.31. The SMILES string of the molecule is C1=CN(C2CCCCC2)C(n2ccnc2)N1C1CCCCC1. The van der Waals surface area contributed by atoms with Crippen molar-refractivity contribution >= 4 is 0 Å². The van der Waals surface area contributed by atoms with Gasteiger partial charge in [-0.3, -0.25) is 4.57 Å². The van der Waals surface area contributed by atoms with Gasteiger partial charge in [0.1, 0.15) is 0 Å². The molecule has 0 aromatic carbocycles. The van der Waals surface area contributed by atoms with Gasteiger partial charge in [-0.1, -0.05) is 38.5 Å². The van der Waals surface area contributed by atoms with E-state index in [9.17, 15) is 0 Å². The molecule has 4 heteroatoms. The third-order valence-corrected chi connectivity index (χ3v) is 5.73. The van der Waals surface area contributed by atoms with Gasteiger partial charge in [0.25, 0.3) is 0 Å². The quantitative estimate of drug-likeness (QED) is 0.840. The van der Waals surface area contributed by atoms with Crippen LogP contribution < -0.4 is 0 Å². The molecule has 1 aromatic heterocycles. The zero-order chi connectivity index (χ0) is 14.8. The van der Waals surface area contributed by atoms with Gasteiger partial charge < -0.3 is 9.80 Å². The molecular weight excluding hydrogens is 272 g/mol. The van der Waals surface area contributed by atoms with Crippen molar-refractivity contribution in [3.8, 4) is 0 Å². The highest BCUT2D eigenvalue weighted by Gasteiger charge is 2.36. The lowest BCUT2D eigenvalue weighted by Gasteiger charge is -2.43. The van der Waals surface area contributed by atoms with Crippen LogP contribution in [0.2, 0.25) is 0 Å². The monoisotopic (exact) mass is 300 g/mol. The third-order valence-electron chi connectivity index (χ3n) is 5.73. The minimum atomic E-state index is 0.314.